The smallest absolute Gasteiger partial charge is 0.318 e. The first-order valence-electron chi connectivity index (χ1n) is 5.51. The highest BCUT2D eigenvalue weighted by Gasteiger charge is 2.20. The first-order valence-corrected chi connectivity index (χ1v) is 5.51. The van der Waals surface area contributed by atoms with Crippen molar-refractivity contribution in [3.63, 3.8) is 0 Å². The molecular weight excluding hydrogens is 216 g/mol. The Morgan fingerprint density at radius 1 is 1.29 bits per heavy atom. The number of hydrogen-bond donors (Lipinski definition) is 1. The van der Waals surface area contributed by atoms with Crippen molar-refractivity contribution in [3.8, 4) is 0 Å². The molecule has 1 N–H and O–H groups in total. The van der Waals surface area contributed by atoms with E-state index in [9.17, 15) is 10.0 Å². The first kappa shape index (κ1) is 11.4. The lowest BCUT2D eigenvalue weighted by molar-refractivity contribution is -0.606. The normalized spacial score (nSPS) is 10.8. The van der Waals surface area contributed by atoms with Crippen molar-refractivity contribution in [3.05, 3.63) is 47.4 Å². The summed E-state index contributed by atoms with van der Waals surface area (Å²) in [6.07, 6.45) is 1.36. The minimum Gasteiger partial charge on any atom is -0.618 e. The van der Waals surface area contributed by atoms with Crippen LogP contribution in [-0.4, -0.2) is 11.9 Å². The van der Waals surface area contributed by atoms with E-state index in [0.29, 0.717) is 10.1 Å². The van der Waals surface area contributed by atoms with Crippen molar-refractivity contribution in [1.82, 2.24) is 5.32 Å². The molecule has 0 unspecified atom stereocenters. The van der Waals surface area contributed by atoms with Crippen LogP contribution in [0, 0.1) is 5.21 Å². The Balaban J connectivity index is 2.58. The lowest BCUT2D eigenvalue weighted by atomic mass is 10.1. The van der Waals surface area contributed by atoms with Crippen LogP contribution in [0.25, 0.3) is 10.8 Å². The number of carbonyl (C=O) groups is 1. The molecular formula is C13H14N2O2. The van der Waals surface area contributed by atoms with E-state index < -0.39 is 0 Å². The van der Waals surface area contributed by atoms with Gasteiger partial charge in [0.1, 0.15) is 0 Å². The standard InChI is InChI=1S/C13H14N2O2/c1-9(2)14-13(16)12-11-6-4-3-5-10(11)7-8-15(12)17/h3-9H,1-2H3,(H,14,16). The van der Waals surface area contributed by atoms with E-state index in [1.165, 1.54) is 6.20 Å². The maximum absolute atomic E-state index is 12.0. The molecule has 0 aliphatic carbocycles. The number of carbonyl (C=O) groups excluding carboxylic acids is 1. The summed E-state index contributed by atoms with van der Waals surface area (Å²) in [5.41, 5.74) is 0.150. The highest BCUT2D eigenvalue weighted by molar-refractivity contribution is 6.03. The fourth-order valence-electron chi connectivity index (χ4n) is 1.75. The van der Waals surface area contributed by atoms with Crippen LogP contribution in [-0.2, 0) is 0 Å². The van der Waals surface area contributed by atoms with Crippen molar-refractivity contribution in [1.29, 1.82) is 0 Å². The fraction of sp³-hybridized carbons (Fsp3) is 0.231. The van der Waals surface area contributed by atoms with Gasteiger partial charge in [-0.25, -0.2) is 0 Å². The Hall–Kier alpha value is -2.10. The topological polar surface area (TPSA) is 56.0 Å². The molecule has 0 saturated heterocycles. The Morgan fingerprint density at radius 3 is 2.71 bits per heavy atom. The number of aromatic nitrogens is 1. The third kappa shape index (κ3) is 2.20. The summed E-state index contributed by atoms with van der Waals surface area (Å²) in [6, 6.07) is 9.05. The molecule has 0 bridgehead atoms. The van der Waals surface area contributed by atoms with Gasteiger partial charge in [0, 0.05) is 12.1 Å². The molecule has 88 valence electrons. The molecule has 1 amide bonds. The van der Waals surface area contributed by atoms with E-state index in [1.807, 2.05) is 32.0 Å². The molecule has 17 heavy (non-hydrogen) atoms. The van der Waals surface area contributed by atoms with Crippen LogP contribution in [0.4, 0.5) is 0 Å². The average Bonchev–Trinajstić information content (AvgIpc) is 2.27. The Bertz CT molecular complexity index is 564. The summed E-state index contributed by atoms with van der Waals surface area (Å²) < 4.78 is 0.611. The van der Waals surface area contributed by atoms with Gasteiger partial charge in [0.05, 0.1) is 5.39 Å². The van der Waals surface area contributed by atoms with Crippen LogP contribution < -0.4 is 10.0 Å². The summed E-state index contributed by atoms with van der Waals surface area (Å²) in [5, 5.41) is 16.0. The highest BCUT2D eigenvalue weighted by atomic mass is 16.5. The van der Waals surface area contributed by atoms with Crippen LogP contribution in [0.3, 0.4) is 0 Å². The van der Waals surface area contributed by atoms with Gasteiger partial charge in [-0.3, -0.25) is 4.79 Å². The Labute approximate surface area is 99.5 Å². The van der Waals surface area contributed by atoms with Gasteiger partial charge < -0.3 is 10.5 Å². The predicted octanol–water partition coefficient (Wildman–Crippen LogP) is 1.61. The maximum atomic E-state index is 12.0. The van der Waals surface area contributed by atoms with Crippen LogP contribution in [0.5, 0.6) is 0 Å². The highest BCUT2D eigenvalue weighted by Crippen LogP contribution is 2.15. The first-order chi connectivity index (χ1) is 8.09. The van der Waals surface area contributed by atoms with E-state index in [2.05, 4.69) is 5.32 Å². The van der Waals surface area contributed by atoms with Crippen molar-refractivity contribution in [2.75, 3.05) is 0 Å². The molecule has 4 nitrogen and oxygen atoms in total. The summed E-state index contributed by atoms with van der Waals surface area (Å²) in [5.74, 6) is -0.341. The summed E-state index contributed by atoms with van der Waals surface area (Å²) in [4.78, 5) is 12.0. The second-order valence-corrected chi connectivity index (χ2v) is 4.21. The number of pyridine rings is 1. The second kappa shape index (κ2) is 4.41. The van der Waals surface area contributed by atoms with E-state index in [0.717, 1.165) is 5.39 Å². The Morgan fingerprint density at radius 2 is 2.00 bits per heavy atom. The molecule has 1 heterocycles. The molecule has 0 spiro atoms. The van der Waals surface area contributed by atoms with E-state index in [4.69, 9.17) is 0 Å². The summed E-state index contributed by atoms with van der Waals surface area (Å²) >= 11 is 0. The number of rotatable bonds is 2. The van der Waals surface area contributed by atoms with E-state index in [1.54, 1.807) is 12.1 Å². The van der Waals surface area contributed by atoms with Gasteiger partial charge in [-0.05, 0) is 25.3 Å². The van der Waals surface area contributed by atoms with Gasteiger partial charge in [-0.15, -0.1) is 0 Å². The monoisotopic (exact) mass is 230 g/mol. The predicted molar refractivity (Wildman–Crippen MR) is 65.5 cm³/mol. The minimum absolute atomic E-state index is 0.00136. The zero-order chi connectivity index (χ0) is 12.4. The Kier molecular flexibility index (Phi) is 2.95. The van der Waals surface area contributed by atoms with Crippen molar-refractivity contribution >= 4 is 16.7 Å². The lowest BCUT2D eigenvalue weighted by Gasteiger charge is -2.10. The summed E-state index contributed by atoms with van der Waals surface area (Å²) in [6.45, 7) is 3.72. The van der Waals surface area contributed by atoms with Crippen LogP contribution in [0.15, 0.2) is 36.5 Å². The molecule has 0 atom stereocenters. The van der Waals surface area contributed by atoms with Crippen molar-refractivity contribution < 1.29 is 9.52 Å². The molecule has 2 rings (SSSR count). The van der Waals surface area contributed by atoms with Gasteiger partial charge in [0.2, 0.25) is 0 Å². The quantitative estimate of drug-likeness (QED) is 0.629. The van der Waals surface area contributed by atoms with Crippen LogP contribution in [0.2, 0.25) is 0 Å². The molecule has 0 saturated carbocycles. The molecule has 0 fully saturated rings. The van der Waals surface area contributed by atoms with Gasteiger partial charge in [0.15, 0.2) is 6.20 Å². The number of amides is 1. The number of benzene rings is 1. The molecule has 1 aromatic heterocycles. The zero-order valence-corrected chi connectivity index (χ0v) is 9.81. The van der Waals surface area contributed by atoms with Gasteiger partial charge >= 0.3 is 5.91 Å². The van der Waals surface area contributed by atoms with Crippen LogP contribution in [0.1, 0.15) is 24.3 Å². The average molecular weight is 230 g/mol. The third-order valence-corrected chi connectivity index (χ3v) is 2.46. The molecule has 0 aliphatic heterocycles. The lowest BCUT2D eigenvalue weighted by Crippen LogP contribution is -2.41. The minimum atomic E-state index is -0.341. The largest absolute Gasteiger partial charge is 0.618 e. The molecule has 4 heteroatoms. The number of fused-ring (bicyclic) bond motifs is 1. The van der Waals surface area contributed by atoms with Gasteiger partial charge in [0.25, 0.3) is 5.69 Å². The molecule has 0 aliphatic rings. The zero-order valence-electron chi connectivity index (χ0n) is 9.81. The summed E-state index contributed by atoms with van der Waals surface area (Å²) in [7, 11) is 0. The maximum Gasteiger partial charge on any atom is 0.318 e. The SMILES string of the molecule is CC(C)NC(=O)c1c2ccccc2cc[n+]1[O-]. The molecule has 2 aromatic rings. The molecule has 0 radical (unpaired) electrons. The van der Waals surface area contributed by atoms with E-state index >= 15 is 0 Å². The van der Waals surface area contributed by atoms with Crippen molar-refractivity contribution in [2.45, 2.75) is 19.9 Å². The number of nitrogens with one attached hydrogen (secondary N) is 1. The van der Waals surface area contributed by atoms with Crippen molar-refractivity contribution in [2.24, 2.45) is 0 Å². The number of hydrogen-bond acceptors (Lipinski definition) is 2. The third-order valence-electron chi connectivity index (χ3n) is 2.46. The van der Waals surface area contributed by atoms with Gasteiger partial charge in [-0.1, -0.05) is 18.2 Å². The van der Waals surface area contributed by atoms with E-state index in [-0.39, 0.29) is 17.6 Å². The van der Waals surface area contributed by atoms with Gasteiger partial charge in [-0.2, -0.15) is 4.73 Å². The van der Waals surface area contributed by atoms with Crippen LogP contribution >= 0.6 is 0 Å². The molecule has 1 aromatic carbocycles. The second-order valence-electron chi connectivity index (χ2n) is 4.21. The fourth-order valence-corrected chi connectivity index (χ4v) is 1.75. The number of nitrogens with zero attached hydrogens (tertiary/aromatic N) is 1.